The van der Waals surface area contributed by atoms with Crippen molar-refractivity contribution in [2.75, 3.05) is 0 Å². The first-order valence-corrected chi connectivity index (χ1v) is 4.75. The van der Waals surface area contributed by atoms with Crippen LogP contribution in [-0.2, 0) is 0 Å². The van der Waals surface area contributed by atoms with E-state index in [0.29, 0.717) is 0 Å². The zero-order valence-corrected chi connectivity index (χ0v) is 8.17. The lowest BCUT2D eigenvalue weighted by molar-refractivity contribution is -0.284. The van der Waals surface area contributed by atoms with E-state index in [2.05, 4.69) is 13.8 Å². The first kappa shape index (κ1) is 14.0. The predicted octanol–water partition coefficient (Wildman–Crippen LogP) is 2.63. The lowest BCUT2D eigenvalue weighted by Gasteiger charge is -1.96. The number of hydrogen-bond acceptors (Lipinski definition) is 2. The van der Waals surface area contributed by atoms with Crippen LogP contribution in [0.3, 0.4) is 0 Å². The fourth-order valence-corrected chi connectivity index (χ4v) is 1.03. The van der Waals surface area contributed by atoms with E-state index in [1.807, 2.05) is 0 Å². The van der Waals surface area contributed by atoms with Crippen molar-refractivity contribution in [2.45, 2.75) is 58.8 Å². The third-order valence-corrected chi connectivity index (χ3v) is 1.71. The van der Waals surface area contributed by atoms with Gasteiger partial charge in [-0.2, -0.15) is 0 Å². The highest BCUT2D eigenvalue weighted by Crippen LogP contribution is 2.05. The molecule has 0 spiro atoms. The minimum absolute atomic E-state index is 1.37. The summed E-state index contributed by atoms with van der Waals surface area (Å²) in [4.78, 5) is 7.88. The van der Waals surface area contributed by atoms with Gasteiger partial charge in [0.2, 0.25) is 0 Å². The van der Waals surface area contributed by atoms with Crippen molar-refractivity contribution in [2.24, 2.45) is 0 Å². The summed E-state index contributed by atoms with van der Waals surface area (Å²) in [6.07, 6.45) is 9.97. The van der Waals surface area contributed by atoms with Crippen molar-refractivity contribution in [1.82, 2.24) is 0 Å². The third kappa shape index (κ3) is 22.7. The Morgan fingerprint density at radius 3 is 1.42 bits per heavy atom. The minimum atomic E-state index is 1.37. The molecule has 0 heterocycles. The summed E-state index contributed by atoms with van der Waals surface area (Å²) in [7, 11) is 0. The fraction of sp³-hybridized carbons (Fsp3) is 1.00. The molecule has 0 fully saturated rings. The Bertz CT molecular complexity index is 68.2. The van der Waals surface area contributed by atoms with Crippen molar-refractivity contribution >= 4 is 0 Å². The zero-order valence-electron chi connectivity index (χ0n) is 8.17. The average molecular weight is 176 g/mol. The van der Waals surface area contributed by atoms with Crippen LogP contribution in [0, 0.1) is 9.71 Å². The van der Waals surface area contributed by atoms with E-state index in [9.17, 15) is 0 Å². The van der Waals surface area contributed by atoms with E-state index in [-0.39, 0.29) is 0 Å². The quantitative estimate of drug-likeness (QED) is 0.270. The van der Waals surface area contributed by atoms with Gasteiger partial charge in [0.1, 0.15) is 0 Å². The van der Waals surface area contributed by atoms with Gasteiger partial charge in [0.05, 0.1) is 0 Å². The predicted molar refractivity (Wildman–Crippen MR) is 50.4 cm³/mol. The van der Waals surface area contributed by atoms with Crippen LogP contribution in [0.2, 0.25) is 0 Å². The second-order valence-electron chi connectivity index (χ2n) is 2.84. The SMILES string of the molecule is CCCCCCCCC.O=[O+][O-]. The summed E-state index contributed by atoms with van der Waals surface area (Å²) >= 11 is 0. The molecule has 3 heteroatoms. The van der Waals surface area contributed by atoms with Crippen LogP contribution in [0.25, 0.3) is 0 Å². The van der Waals surface area contributed by atoms with Gasteiger partial charge in [-0.1, -0.05) is 69.0 Å². The topological polar surface area (TPSA) is 51.4 Å². The van der Waals surface area contributed by atoms with E-state index in [1.54, 1.807) is 4.75 Å². The molecule has 0 atom stereocenters. The molecule has 12 heavy (non-hydrogen) atoms. The number of rotatable bonds is 6. The summed E-state index contributed by atoms with van der Waals surface area (Å²) in [5.74, 6) is 0. The minimum Gasteiger partial charge on any atom is -0.0772 e. The molecule has 0 aliphatic rings. The molecule has 0 amide bonds. The van der Waals surface area contributed by atoms with Crippen LogP contribution in [0.4, 0.5) is 0 Å². The summed E-state index contributed by atoms with van der Waals surface area (Å²) in [6.45, 7) is 4.53. The molecule has 0 radical (unpaired) electrons. The Kier molecular flexibility index (Phi) is 19.5. The molecule has 0 aromatic rings. The monoisotopic (exact) mass is 176 g/mol. The van der Waals surface area contributed by atoms with E-state index < -0.39 is 0 Å². The van der Waals surface area contributed by atoms with Gasteiger partial charge in [-0.25, -0.2) is 0 Å². The second-order valence-corrected chi connectivity index (χ2v) is 2.84. The molecule has 0 unspecified atom stereocenters. The van der Waals surface area contributed by atoms with Crippen LogP contribution in [0.15, 0.2) is 0 Å². The Morgan fingerprint density at radius 2 is 1.17 bits per heavy atom. The van der Waals surface area contributed by atoms with E-state index in [1.165, 1.54) is 44.9 Å². The Hall–Kier alpha value is -0.600. The van der Waals surface area contributed by atoms with Gasteiger partial charge in [0.25, 0.3) is 0 Å². The van der Waals surface area contributed by atoms with E-state index >= 15 is 0 Å². The van der Waals surface area contributed by atoms with Gasteiger partial charge in [0.15, 0.2) is 4.75 Å². The molecule has 74 valence electrons. The second kappa shape index (κ2) is 16.8. The average Bonchev–Trinajstić information content (AvgIpc) is 2.06. The van der Waals surface area contributed by atoms with E-state index in [0.717, 1.165) is 0 Å². The van der Waals surface area contributed by atoms with Crippen molar-refractivity contribution in [1.29, 1.82) is 0 Å². The summed E-state index contributed by atoms with van der Waals surface area (Å²) in [5.41, 5.74) is 0. The molecule has 0 aromatic carbocycles. The van der Waals surface area contributed by atoms with Crippen molar-refractivity contribution < 1.29 is 5.26 Å². The maximum absolute atomic E-state index is 7.88. The van der Waals surface area contributed by atoms with Gasteiger partial charge >= 0.3 is 0 Å². The van der Waals surface area contributed by atoms with Crippen LogP contribution in [0.1, 0.15) is 58.8 Å². The van der Waals surface area contributed by atoms with Crippen molar-refractivity contribution in [3.63, 3.8) is 0 Å². The molecular formula is C9H20O3. The van der Waals surface area contributed by atoms with Gasteiger partial charge in [-0.3, -0.25) is 0 Å². The first-order chi connectivity index (χ1) is 5.83. The highest BCUT2D eigenvalue weighted by atomic mass is 17.2. The first-order valence-electron chi connectivity index (χ1n) is 4.75. The van der Waals surface area contributed by atoms with Gasteiger partial charge < -0.3 is 0 Å². The Labute approximate surface area is 74.6 Å². The summed E-state index contributed by atoms with van der Waals surface area (Å²) in [6, 6.07) is 0. The molecular weight excluding hydrogens is 156 g/mol. The smallest absolute Gasteiger partial charge is 0.0772 e. The maximum Gasteiger partial charge on any atom is 0.154 e. The largest absolute Gasteiger partial charge is 0.154 e. The van der Waals surface area contributed by atoms with Crippen LogP contribution < -0.4 is 5.26 Å². The van der Waals surface area contributed by atoms with Crippen molar-refractivity contribution in [3.8, 4) is 0 Å². The highest BCUT2D eigenvalue weighted by molar-refractivity contribution is 4.41. The molecule has 0 aliphatic heterocycles. The molecule has 0 bridgehead atoms. The molecule has 0 saturated carbocycles. The normalized spacial score (nSPS) is 8.50. The number of hydrogen-bond donors (Lipinski definition) is 0. The van der Waals surface area contributed by atoms with Gasteiger partial charge in [0, 0.05) is 0 Å². The Morgan fingerprint density at radius 1 is 0.917 bits per heavy atom. The lowest BCUT2D eigenvalue weighted by Crippen LogP contribution is -1.82. The number of unbranched alkanes of at least 4 members (excludes halogenated alkanes) is 6. The van der Waals surface area contributed by atoms with Crippen LogP contribution in [0.5, 0.6) is 0 Å². The lowest BCUT2D eigenvalue weighted by atomic mass is 10.1. The van der Waals surface area contributed by atoms with Crippen molar-refractivity contribution in [3.05, 3.63) is 9.71 Å². The van der Waals surface area contributed by atoms with Gasteiger partial charge in [-0.05, 0) is 0 Å². The zero-order chi connectivity index (χ0) is 9.66. The third-order valence-electron chi connectivity index (χ3n) is 1.71. The molecule has 0 N–H and O–H groups in total. The summed E-state index contributed by atoms with van der Waals surface area (Å²) < 4.78 is 1.75. The molecule has 0 saturated heterocycles. The summed E-state index contributed by atoms with van der Waals surface area (Å²) in [5, 5.41) is 7.88. The molecule has 0 rings (SSSR count). The molecule has 3 nitrogen and oxygen atoms in total. The molecule has 0 aliphatic carbocycles. The maximum atomic E-state index is 7.88. The van der Waals surface area contributed by atoms with Crippen LogP contribution in [-0.4, -0.2) is 0 Å². The highest BCUT2D eigenvalue weighted by Gasteiger charge is 1.85. The molecule has 0 aromatic heterocycles. The fourth-order valence-electron chi connectivity index (χ4n) is 1.03. The Balaban J connectivity index is 0. The van der Waals surface area contributed by atoms with Gasteiger partial charge in [-0.15, -0.1) is 0 Å². The van der Waals surface area contributed by atoms with Crippen LogP contribution >= 0.6 is 0 Å². The van der Waals surface area contributed by atoms with E-state index in [4.69, 9.17) is 10.2 Å². The standard InChI is InChI=1S/C9H20.O3/c1-3-5-7-9-8-6-4-2;1-3-2/h3-9H2,1-2H3;.